The maximum Gasteiger partial charge on any atom is 0.0897 e. The van der Waals surface area contributed by atoms with Crippen LogP contribution in [0.3, 0.4) is 0 Å². The highest BCUT2D eigenvalue weighted by molar-refractivity contribution is 5.64. The van der Waals surface area contributed by atoms with Gasteiger partial charge in [0.05, 0.1) is 6.67 Å². The smallest absolute Gasteiger partial charge is 0.0897 e. The predicted molar refractivity (Wildman–Crippen MR) is 158 cm³/mol. The number of alkyl halides is 1. The molecule has 4 rings (SSSR count). The molecular formula is C36H47F. The molecular weight excluding hydrogens is 451 g/mol. The maximum atomic E-state index is 12.6. The normalized spacial score (nSPS) is 17.7. The van der Waals surface area contributed by atoms with E-state index < -0.39 is 0 Å². The summed E-state index contributed by atoms with van der Waals surface area (Å²) in [6.07, 6.45) is 17.1. The lowest BCUT2D eigenvalue weighted by atomic mass is 9.77. The average molecular weight is 499 g/mol. The number of aryl methyl sites for hydroxylation is 3. The van der Waals surface area contributed by atoms with E-state index in [9.17, 15) is 4.39 Å². The SMILES string of the molecule is CCCCCCCCc1ccc(-c2ccc(CCc3ccc(C4CCC(CCF)CC4)cc3)cc2)cc1. The van der Waals surface area contributed by atoms with Crippen molar-refractivity contribution in [3.8, 4) is 11.1 Å². The van der Waals surface area contributed by atoms with Crippen molar-refractivity contribution in [2.24, 2.45) is 5.92 Å². The van der Waals surface area contributed by atoms with Gasteiger partial charge in [-0.05, 0) is 103 Å². The van der Waals surface area contributed by atoms with E-state index in [1.807, 2.05) is 0 Å². The zero-order valence-electron chi connectivity index (χ0n) is 23.1. The Balaban J connectivity index is 1.20. The zero-order valence-corrected chi connectivity index (χ0v) is 23.1. The van der Waals surface area contributed by atoms with Crippen LogP contribution in [0, 0.1) is 5.92 Å². The fourth-order valence-electron chi connectivity index (χ4n) is 6.02. The summed E-state index contributed by atoms with van der Waals surface area (Å²) < 4.78 is 12.6. The minimum atomic E-state index is -0.154. The number of hydrogen-bond donors (Lipinski definition) is 0. The third-order valence-corrected chi connectivity index (χ3v) is 8.58. The van der Waals surface area contributed by atoms with E-state index in [-0.39, 0.29) is 6.67 Å². The molecule has 0 nitrogen and oxygen atoms in total. The van der Waals surface area contributed by atoms with Crippen LogP contribution in [0.2, 0.25) is 0 Å². The number of benzene rings is 3. The number of unbranched alkanes of at least 4 members (excludes halogenated alkanes) is 5. The molecule has 0 bridgehead atoms. The van der Waals surface area contributed by atoms with E-state index in [1.54, 1.807) is 0 Å². The lowest BCUT2D eigenvalue weighted by molar-refractivity contribution is 0.283. The van der Waals surface area contributed by atoms with Gasteiger partial charge in [0.15, 0.2) is 0 Å². The van der Waals surface area contributed by atoms with Crippen LogP contribution in [0.4, 0.5) is 4.39 Å². The highest BCUT2D eigenvalue weighted by Crippen LogP contribution is 2.37. The minimum Gasteiger partial charge on any atom is -0.251 e. The van der Waals surface area contributed by atoms with Crippen LogP contribution in [0.5, 0.6) is 0 Å². The third kappa shape index (κ3) is 8.84. The van der Waals surface area contributed by atoms with Crippen LogP contribution >= 0.6 is 0 Å². The summed E-state index contributed by atoms with van der Waals surface area (Å²) in [5, 5.41) is 0. The molecule has 0 heterocycles. The second kappa shape index (κ2) is 15.1. The van der Waals surface area contributed by atoms with Crippen LogP contribution in [-0.4, -0.2) is 6.67 Å². The number of hydrogen-bond acceptors (Lipinski definition) is 0. The Kier molecular flexibility index (Phi) is 11.3. The monoisotopic (exact) mass is 498 g/mol. The van der Waals surface area contributed by atoms with E-state index in [1.165, 1.54) is 104 Å². The molecule has 0 N–H and O–H groups in total. The van der Waals surface area contributed by atoms with Crippen molar-refractivity contribution in [1.82, 2.24) is 0 Å². The van der Waals surface area contributed by atoms with E-state index >= 15 is 0 Å². The summed E-state index contributed by atoms with van der Waals surface area (Å²) >= 11 is 0. The summed E-state index contributed by atoms with van der Waals surface area (Å²) in [5.41, 5.74) is 8.38. The molecule has 0 aromatic heterocycles. The number of halogens is 1. The van der Waals surface area contributed by atoms with E-state index in [4.69, 9.17) is 0 Å². The Morgan fingerprint density at radius 2 is 1.05 bits per heavy atom. The second-order valence-corrected chi connectivity index (χ2v) is 11.3. The van der Waals surface area contributed by atoms with Crippen molar-refractivity contribution in [3.05, 3.63) is 95.1 Å². The summed E-state index contributed by atoms with van der Waals surface area (Å²) in [6.45, 7) is 2.12. The van der Waals surface area contributed by atoms with Gasteiger partial charge in [0.1, 0.15) is 0 Å². The van der Waals surface area contributed by atoms with Crippen molar-refractivity contribution in [2.45, 2.75) is 103 Å². The highest BCUT2D eigenvalue weighted by atomic mass is 19.1. The van der Waals surface area contributed by atoms with Gasteiger partial charge >= 0.3 is 0 Å². The summed E-state index contributed by atoms with van der Waals surface area (Å²) in [6, 6.07) is 27.7. The highest BCUT2D eigenvalue weighted by Gasteiger charge is 2.22. The van der Waals surface area contributed by atoms with Crippen LogP contribution in [0.1, 0.15) is 106 Å². The fraction of sp³-hybridized carbons (Fsp3) is 0.500. The number of rotatable bonds is 14. The van der Waals surface area contributed by atoms with Crippen LogP contribution in [-0.2, 0) is 19.3 Å². The molecule has 1 fully saturated rings. The first-order valence-corrected chi connectivity index (χ1v) is 15.1. The Labute approximate surface area is 225 Å². The summed E-state index contributed by atoms with van der Waals surface area (Å²) in [4.78, 5) is 0. The predicted octanol–water partition coefficient (Wildman–Crippen LogP) is 10.7. The van der Waals surface area contributed by atoms with E-state index in [2.05, 4.69) is 79.7 Å². The van der Waals surface area contributed by atoms with E-state index in [0.29, 0.717) is 11.8 Å². The Hall–Kier alpha value is -2.41. The van der Waals surface area contributed by atoms with Gasteiger partial charge in [-0.25, -0.2) is 0 Å². The van der Waals surface area contributed by atoms with Crippen molar-refractivity contribution < 1.29 is 4.39 Å². The molecule has 0 saturated heterocycles. The van der Waals surface area contributed by atoms with Gasteiger partial charge in [-0.15, -0.1) is 0 Å². The van der Waals surface area contributed by atoms with Crippen LogP contribution < -0.4 is 0 Å². The molecule has 37 heavy (non-hydrogen) atoms. The minimum absolute atomic E-state index is 0.154. The largest absolute Gasteiger partial charge is 0.251 e. The van der Waals surface area contributed by atoms with Crippen molar-refractivity contribution in [1.29, 1.82) is 0 Å². The lowest BCUT2D eigenvalue weighted by Crippen LogP contribution is -2.13. The standard InChI is InChI=1S/C36H47F/c1-2-3-4-5-6-7-8-29-11-19-33(20-12-29)34-21-13-30(14-22-34)9-10-31-15-23-35(24-16-31)36-25-17-32(18-26-36)27-28-37/h11-16,19-24,32,36H,2-10,17-18,25-28H2,1H3. The van der Waals surface area contributed by atoms with Crippen molar-refractivity contribution in [3.63, 3.8) is 0 Å². The van der Waals surface area contributed by atoms with Gasteiger partial charge in [-0.3, -0.25) is 4.39 Å². The molecule has 3 aromatic carbocycles. The maximum absolute atomic E-state index is 12.6. The van der Waals surface area contributed by atoms with Crippen LogP contribution in [0.25, 0.3) is 11.1 Å². The topological polar surface area (TPSA) is 0 Å². The molecule has 0 radical (unpaired) electrons. The van der Waals surface area contributed by atoms with E-state index in [0.717, 1.165) is 19.3 Å². The van der Waals surface area contributed by atoms with Crippen molar-refractivity contribution >= 4 is 0 Å². The zero-order chi connectivity index (χ0) is 25.7. The third-order valence-electron chi connectivity index (χ3n) is 8.58. The molecule has 0 atom stereocenters. The molecule has 1 heteroatoms. The molecule has 198 valence electrons. The van der Waals surface area contributed by atoms with Crippen molar-refractivity contribution in [2.75, 3.05) is 6.67 Å². The first kappa shape index (κ1) is 27.6. The Bertz CT molecular complexity index is 1010. The van der Waals surface area contributed by atoms with Gasteiger partial charge in [0.25, 0.3) is 0 Å². The molecule has 3 aromatic rings. The molecule has 1 aliphatic rings. The quantitative estimate of drug-likeness (QED) is 0.194. The first-order valence-electron chi connectivity index (χ1n) is 15.1. The molecule has 0 aliphatic heterocycles. The second-order valence-electron chi connectivity index (χ2n) is 11.3. The van der Waals surface area contributed by atoms with Gasteiger partial charge in [-0.2, -0.15) is 0 Å². The molecule has 1 saturated carbocycles. The summed E-state index contributed by atoms with van der Waals surface area (Å²) in [5.74, 6) is 1.28. The Morgan fingerprint density at radius 3 is 1.59 bits per heavy atom. The Morgan fingerprint density at radius 1 is 0.568 bits per heavy atom. The summed E-state index contributed by atoms with van der Waals surface area (Å²) in [7, 11) is 0. The van der Waals surface area contributed by atoms with Gasteiger partial charge < -0.3 is 0 Å². The van der Waals surface area contributed by atoms with Crippen LogP contribution in [0.15, 0.2) is 72.8 Å². The van der Waals surface area contributed by atoms with Gasteiger partial charge in [0, 0.05) is 0 Å². The fourth-order valence-corrected chi connectivity index (χ4v) is 6.02. The molecule has 0 unspecified atom stereocenters. The van der Waals surface area contributed by atoms with Gasteiger partial charge in [0.2, 0.25) is 0 Å². The average Bonchev–Trinajstić information content (AvgIpc) is 2.95. The first-order chi connectivity index (χ1) is 18.2. The molecule has 1 aliphatic carbocycles. The van der Waals surface area contributed by atoms with Gasteiger partial charge in [-0.1, -0.05) is 112 Å². The lowest BCUT2D eigenvalue weighted by Gasteiger charge is -2.28. The molecule has 0 amide bonds. The molecule has 0 spiro atoms.